The molecule has 0 bridgehead atoms. The second kappa shape index (κ2) is 4.82. The molecule has 0 radical (unpaired) electrons. The molecule has 0 atom stereocenters. The van der Waals surface area contributed by atoms with E-state index >= 15 is 0 Å². The lowest BCUT2D eigenvalue weighted by molar-refractivity contribution is -0.118. The van der Waals surface area contributed by atoms with Crippen LogP contribution < -0.4 is 10.1 Å². The highest BCUT2D eigenvalue weighted by molar-refractivity contribution is 5.94. The highest BCUT2D eigenvalue weighted by Gasteiger charge is 2.12. The molecular formula is C12H17NO2. The zero-order valence-electron chi connectivity index (χ0n) is 9.63. The van der Waals surface area contributed by atoms with Gasteiger partial charge in [-0.3, -0.25) is 4.79 Å². The second-order valence-electron chi connectivity index (χ2n) is 3.80. The fourth-order valence-electron chi connectivity index (χ4n) is 1.24. The van der Waals surface area contributed by atoms with Crippen LogP contribution in [0.5, 0.6) is 5.75 Å². The van der Waals surface area contributed by atoms with Crippen molar-refractivity contribution in [3.8, 4) is 5.75 Å². The topological polar surface area (TPSA) is 38.3 Å². The summed E-state index contributed by atoms with van der Waals surface area (Å²) in [6.45, 7) is 5.67. The molecule has 1 N–H and O–H groups in total. The van der Waals surface area contributed by atoms with Crippen molar-refractivity contribution in [3.63, 3.8) is 0 Å². The van der Waals surface area contributed by atoms with Crippen molar-refractivity contribution in [1.82, 2.24) is 0 Å². The molecule has 1 aromatic carbocycles. The normalized spacial score (nSPS) is 10.2. The molecule has 0 fully saturated rings. The van der Waals surface area contributed by atoms with Gasteiger partial charge in [0.25, 0.3) is 0 Å². The molecule has 0 heterocycles. The van der Waals surface area contributed by atoms with Crippen LogP contribution in [-0.2, 0) is 4.79 Å². The molecular weight excluding hydrogens is 190 g/mol. The number of nitrogens with one attached hydrogen (secondary N) is 1. The number of methoxy groups -OCH3 is 1. The number of carbonyl (C=O) groups is 1. The number of anilines is 1. The lowest BCUT2D eigenvalue weighted by Gasteiger charge is -2.13. The van der Waals surface area contributed by atoms with Crippen molar-refractivity contribution < 1.29 is 9.53 Å². The van der Waals surface area contributed by atoms with Gasteiger partial charge in [-0.05, 0) is 18.6 Å². The van der Waals surface area contributed by atoms with Crippen molar-refractivity contribution in [3.05, 3.63) is 23.8 Å². The van der Waals surface area contributed by atoms with Crippen molar-refractivity contribution in [2.24, 2.45) is 5.92 Å². The van der Waals surface area contributed by atoms with Crippen LogP contribution >= 0.6 is 0 Å². The van der Waals surface area contributed by atoms with Crippen LogP contribution in [0.1, 0.15) is 19.4 Å². The van der Waals surface area contributed by atoms with E-state index in [9.17, 15) is 4.79 Å². The fourth-order valence-corrected chi connectivity index (χ4v) is 1.24. The van der Waals surface area contributed by atoms with Crippen LogP contribution in [-0.4, -0.2) is 13.0 Å². The van der Waals surface area contributed by atoms with E-state index < -0.39 is 0 Å². The average Bonchev–Trinajstić information content (AvgIpc) is 2.20. The molecule has 3 heteroatoms. The molecule has 0 aliphatic carbocycles. The van der Waals surface area contributed by atoms with Crippen LogP contribution in [0.15, 0.2) is 18.2 Å². The molecule has 0 unspecified atom stereocenters. The summed E-state index contributed by atoms with van der Waals surface area (Å²) in [4.78, 5) is 11.6. The molecule has 0 aliphatic rings. The van der Waals surface area contributed by atoms with Gasteiger partial charge in [0.2, 0.25) is 5.91 Å². The number of amides is 1. The fraction of sp³-hybridized carbons (Fsp3) is 0.417. The zero-order chi connectivity index (χ0) is 11.4. The standard InChI is InChI=1S/C12H17NO2/c1-8(2)12(14)13-11-9(3)6-5-7-10(11)15-4/h5-8H,1-4H3,(H,13,14). The summed E-state index contributed by atoms with van der Waals surface area (Å²) in [5, 5.41) is 2.87. The molecule has 82 valence electrons. The molecule has 0 aromatic heterocycles. The largest absolute Gasteiger partial charge is 0.495 e. The number of ether oxygens (including phenoxy) is 1. The van der Waals surface area contributed by atoms with Crippen molar-refractivity contribution >= 4 is 11.6 Å². The summed E-state index contributed by atoms with van der Waals surface area (Å²) < 4.78 is 5.19. The highest BCUT2D eigenvalue weighted by atomic mass is 16.5. The minimum Gasteiger partial charge on any atom is -0.495 e. The number of carbonyl (C=O) groups excluding carboxylic acids is 1. The van der Waals surface area contributed by atoms with Crippen LogP contribution in [0.4, 0.5) is 5.69 Å². The van der Waals surface area contributed by atoms with Crippen molar-refractivity contribution in [2.45, 2.75) is 20.8 Å². The van der Waals surface area contributed by atoms with Gasteiger partial charge in [-0.15, -0.1) is 0 Å². The third-order valence-corrected chi connectivity index (χ3v) is 2.23. The van der Waals surface area contributed by atoms with Gasteiger partial charge in [-0.1, -0.05) is 26.0 Å². The quantitative estimate of drug-likeness (QED) is 0.827. The minimum absolute atomic E-state index is 0.00241. The van der Waals surface area contributed by atoms with Crippen LogP contribution in [0, 0.1) is 12.8 Å². The molecule has 0 saturated heterocycles. The third-order valence-electron chi connectivity index (χ3n) is 2.23. The monoisotopic (exact) mass is 207 g/mol. The van der Waals surface area contributed by atoms with Crippen LogP contribution in [0.2, 0.25) is 0 Å². The Morgan fingerprint density at radius 3 is 2.60 bits per heavy atom. The van der Waals surface area contributed by atoms with E-state index in [1.165, 1.54) is 0 Å². The van der Waals surface area contributed by atoms with Gasteiger partial charge in [0, 0.05) is 5.92 Å². The highest BCUT2D eigenvalue weighted by Crippen LogP contribution is 2.27. The zero-order valence-corrected chi connectivity index (χ0v) is 9.63. The predicted molar refractivity (Wildman–Crippen MR) is 61.2 cm³/mol. The maximum Gasteiger partial charge on any atom is 0.227 e. The number of hydrogen-bond donors (Lipinski definition) is 1. The van der Waals surface area contributed by atoms with Gasteiger partial charge in [0.15, 0.2) is 0 Å². The molecule has 0 saturated carbocycles. The Morgan fingerprint density at radius 1 is 1.40 bits per heavy atom. The number of rotatable bonds is 3. The lowest BCUT2D eigenvalue weighted by atomic mass is 10.1. The molecule has 15 heavy (non-hydrogen) atoms. The number of aryl methyl sites for hydroxylation is 1. The average molecular weight is 207 g/mol. The molecule has 0 spiro atoms. The Labute approximate surface area is 90.4 Å². The second-order valence-corrected chi connectivity index (χ2v) is 3.80. The number of hydrogen-bond acceptors (Lipinski definition) is 2. The Hall–Kier alpha value is -1.51. The number of benzene rings is 1. The summed E-state index contributed by atoms with van der Waals surface area (Å²) in [6.07, 6.45) is 0. The molecule has 0 aliphatic heterocycles. The SMILES string of the molecule is COc1cccc(C)c1NC(=O)C(C)C. The van der Waals surface area contributed by atoms with E-state index in [4.69, 9.17) is 4.74 Å². The first-order valence-corrected chi connectivity index (χ1v) is 5.00. The van der Waals surface area contributed by atoms with Gasteiger partial charge in [0.1, 0.15) is 5.75 Å². The summed E-state index contributed by atoms with van der Waals surface area (Å²) in [7, 11) is 1.60. The van der Waals surface area contributed by atoms with E-state index in [0.29, 0.717) is 5.75 Å². The molecule has 1 rings (SSSR count). The first kappa shape index (κ1) is 11.6. The van der Waals surface area contributed by atoms with Crippen molar-refractivity contribution in [2.75, 3.05) is 12.4 Å². The maximum atomic E-state index is 11.6. The first-order valence-electron chi connectivity index (χ1n) is 5.00. The third kappa shape index (κ3) is 2.72. The summed E-state index contributed by atoms with van der Waals surface area (Å²) in [5.74, 6) is 0.668. The molecule has 3 nitrogen and oxygen atoms in total. The lowest BCUT2D eigenvalue weighted by Crippen LogP contribution is -2.18. The van der Waals surface area contributed by atoms with Crippen LogP contribution in [0.25, 0.3) is 0 Å². The number of para-hydroxylation sites is 1. The van der Waals surface area contributed by atoms with E-state index in [-0.39, 0.29) is 11.8 Å². The Kier molecular flexibility index (Phi) is 3.72. The van der Waals surface area contributed by atoms with Gasteiger partial charge in [0.05, 0.1) is 12.8 Å². The van der Waals surface area contributed by atoms with E-state index in [1.807, 2.05) is 39.0 Å². The van der Waals surface area contributed by atoms with E-state index in [1.54, 1.807) is 7.11 Å². The first-order chi connectivity index (χ1) is 7.06. The van der Waals surface area contributed by atoms with Gasteiger partial charge in [-0.2, -0.15) is 0 Å². The predicted octanol–water partition coefficient (Wildman–Crippen LogP) is 2.60. The van der Waals surface area contributed by atoms with Crippen LogP contribution in [0.3, 0.4) is 0 Å². The van der Waals surface area contributed by atoms with Gasteiger partial charge < -0.3 is 10.1 Å². The smallest absolute Gasteiger partial charge is 0.227 e. The summed E-state index contributed by atoms with van der Waals surface area (Å²) >= 11 is 0. The van der Waals surface area contributed by atoms with E-state index in [0.717, 1.165) is 11.3 Å². The Bertz CT molecular complexity index is 359. The minimum atomic E-state index is -0.0330. The Balaban J connectivity index is 2.97. The maximum absolute atomic E-state index is 11.6. The summed E-state index contributed by atoms with van der Waals surface area (Å²) in [6, 6.07) is 5.68. The van der Waals surface area contributed by atoms with Crippen molar-refractivity contribution in [1.29, 1.82) is 0 Å². The van der Waals surface area contributed by atoms with Gasteiger partial charge in [-0.25, -0.2) is 0 Å². The molecule has 1 amide bonds. The molecule has 1 aromatic rings. The summed E-state index contributed by atoms with van der Waals surface area (Å²) in [5.41, 5.74) is 1.77. The Morgan fingerprint density at radius 2 is 2.07 bits per heavy atom. The van der Waals surface area contributed by atoms with E-state index in [2.05, 4.69) is 5.32 Å². The van der Waals surface area contributed by atoms with Gasteiger partial charge >= 0.3 is 0 Å².